The third-order valence-electron chi connectivity index (χ3n) is 3.11. The molecule has 0 atom stereocenters. The van der Waals surface area contributed by atoms with E-state index in [9.17, 15) is 4.79 Å². The zero-order chi connectivity index (χ0) is 14.2. The number of hydrogen-bond donors (Lipinski definition) is 1. The summed E-state index contributed by atoms with van der Waals surface area (Å²) in [6, 6.07) is 5.81. The highest BCUT2D eigenvalue weighted by Crippen LogP contribution is 2.26. The predicted octanol–water partition coefficient (Wildman–Crippen LogP) is 2.00. The summed E-state index contributed by atoms with van der Waals surface area (Å²) in [4.78, 5) is 11.3. The van der Waals surface area contributed by atoms with Gasteiger partial charge in [0, 0.05) is 38.5 Å². The Morgan fingerprint density at radius 2 is 2.05 bits per heavy atom. The lowest BCUT2D eigenvalue weighted by Gasteiger charge is -2.17. The van der Waals surface area contributed by atoms with E-state index in [2.05, 4.69) is 5.32 Å². The van der Waals surface area contributed by atoms with Gasteiger partial charge in [-0.2, -0.15) is 0 Å². The van der Waals surface area contributed by atoms with Gasteiger partial charge in [-0.05, 0) is 24.5 Å². The second-order valence-corrected chi connectivity index (χ2v) is 4.67. The van der Waals surface area contributed by atoms with Crippen LogP contribution in [0.25, 0.3) is 0 Å². The van der Waals surface area contributed by atoms with E-state index in [0.717, 1.165) is 29.8 Å². The first-order chi connectivity index (χ1) is 9.79. The van der Waals surface area contributed by atoms with E-state index in [1.807, 2.05) is 18.2 Å². The summed E-state index contributed by atoms with van der Waals surface area (Å²) in [6.45, 7) is 2.44. The van der Waals surface area contributed by atoms with Gasteiger partial charge < -0.3 is 19.5 Å². The van der Waals surface area contributed by atoms with Crippen LogP contribution in [0.2, 0.25) is 0 Å². The fraction of sp³-hybridized carbons (Fsp3) is 0.533. The number of nitrogens with one attached hydrogen (secondary N) is 1. The van der Waals surface area contributed by atoms with Crippen molar-refractivity contribution >= 4 is 11.6 Å². The maximum absolute atomic E-state index is 11.3. The van der Waals surface area contributed by atoms with Crippen LogP contribution in [0.1, 0.15) is 18.4 Å². The number of aryl methyl sites for hydroxylation is 1. The Morgan fingerprint density at radius 3 is 2.90 bits per heavy atom. The molecule has 0 radical (unpaired) electrons. The minimum atomic E-state index is 0.0659. The number of hydrogen-bond acceptors (Lipinski definition) is 4. The Balaban J connectivity index is 1.71. The molecule has 0 fully saturated rings. The van der Waals surface area contributed by atoms with Crippen molar-refractivity contribution in [2.24, 2.45) is 0 Å². The smallest absolute Gasteiger partial charge is 0.224 e. The molecular weight excluding hydrogens is 258 g/mol. The summed E-state index contributed by atoms with van der Waals surface area (Å²) in [5.41, 5.74) is 2.02. The topological polar surface area (TPSA) is 56.8 Å². The highest BCUT2D eigenvalue weighted by Gasteiger charge is 2.14. The van der Waals surface area contributed by atoms with Gasteiger partial charge in [-0.15, -0.1) is 0 Å². The van der Waals surface area contributed by atoms with E-state index >= 15 is 0 Å². The Labute approximate surface area is 119 Å². The van der Waals surface area contributed by atoms with Crippen LogP contribution in [-0.2, 0) is 20.7 Å². The van der Waals surface area contributed by atoms with Gasteiger partial charge in [-0.3, -0.25) is 4.79 Å². The van der Waals surface area contributed by atoms with Crippen molar-refractivity contribution in [1.82, 2.24) is 0 Å². The largest absolute Gasteiger partial charge is 0.491 e. The van der Waals surface area contributed by atoms with Gasteiger partial charge in [-0.1, -0.05) is 6.07 Å². The van der Waals surface area contributed by atoms with Crippen LogP contribution in [-0.4, -0.2) is 39.4 Å². The molecule has 110 valence electrons. The number of amides is 1. The molecule has 0 saturated carbocycles. The Morgan fingerprint density at radius 1 is 1.15 bits per heavy atom. The molecule has 1 aliphatic rings. The van der Waals surface area contributed by atoms with E-state index in [1.165, 1.54) is 0 Å². The normalized spacial score (nSPS) is 13.8. The third-order valence-corrected chi connectivity index (χ3v) is 3.11. The Hall–Kier alpha value is -1.59. The molecule has 5 heteroatoms. The van der Waals surface area contributed by atoms with Gasteiger partial charge in [0.25, 0.3) is 0 Å². The first-order valence-corrected chi connectivity index (χ1v) is 6.92. The van der Waals surface area contributed by atoms with Crippen molar-refractivity contribution in [1.29, 1.82) is 0 Å². The number of carbonyl (C=O) groups excluding carboxylic acids is 1. The molecule has 1 aromatic rings. The van der Waals surface area contributed by atoms with Crippen LogP contribution in [0.15, 0.2) is 18.2 Å². The quantitative estimate of drug-likeness (QED) is 0.740. The van der Waals surface area contributed by atoms with Crippen molar-refractivity contribution in [2.75, 3.05) is 38.9 Å². The SMILES string of the molecule is COCCCOCCOc1ccc2c(c1)NC(=O)CC2. The molecule has 2 rings (SSSR count). The van der Waals surface area contributed by atoms with Crippen LogP contribution >= 0.6 is 0 Å². The molecule has 0 aliphatic carbocycles. The first-order valence-electron chi connectivity index (χ1n) is 6.92. The van der Waals surface area contributed by atoms with Gasteiger partial charge in [0.05, 0.1) is 6.61 Å². The molecule has 1 aliphatic heterocycles. The first kappa shape index (κ1) is 14.8. The maximum Gasteiger partial charge on any atom is 0.224 e. The summed E-state index contributed by atoms with van der Waals surface area (Å²) in [5, 5.41) is 2.86. The average molecular weight is 279 g/mol. The predicted molar refractivity (Wildman–Crippen MR) is 76.2 cm³/mol. The molecule has 1 amide bonds. The zero-order valence-corrected chi connectivity index (χ0v) is 11.8. The van der Waals surface area contributed by atoms with Crippen molar-refractivity contribution < 1.29 is 19.0 Å². The third kappa shape index (κ3) is 4.51. The van der Waals surface area contributed by atoms with Crippen molar-refractivity contribution in [3.8, 4) is 5.75 Å². The number of benzene rings is 1. The Kier molecular flexibility index (Phi) is 5.83. The van der Waals surface area contributed by atoms with Crippen molar-refractivity contribution in [3.05, 3.63) is 23.8 Å². The molecule has 0 aromatic heterocycles. The van der Waals surface area contributed by atoms with Gasteiger partial charge >= 0.3 is 0 Å². The van der Waals surface area contributed by atoms with Gasteiger partial charge in [0.2, 0.25) is 5.91 Å². The highest BCUT2D eigenvalue weighted by molar-refractivity contribution is 5.94. The lowest BCUT2D eigenvalue weighted by molar-refractivity contribution is -0.116. The molecule has 20 heavy (non-hydrogen) atoms. The van der Waals surface area contributed by atoms with E-state index in [4.69, 9.17) is 14.2 Å². The second-order valence-electron chi connectivity index (χ2n) is 4.67. The number of carbonyl (C=O) groups is 1. The molecular formula is C15H21NO4. The van der Waals surface area contributed by atoms with Gasteiger partial charge in [0.15, 0.2) is 0 Å². The standard InChI is InChI=1S/C15H21NO4/c1-18-7-2-8-19-9-10-20-13-5-3-12-4-6-15(17)16-14(12)11-13/h3,5,11H,2,4,6-10H2,1H3,(H,16,17). The molecule has 1 aromatic carbocycles. The summed E-state index contributed by atoms with van der Waals surface area (Å²) >= 11 is 0. The number of anilines is 1. The van der Waals surface area contributed by atoms with Crippen LogP contribution in [0, 0.1) is 0 Å². The highest BCUT2D eigenvalue weighted by atomic mass is 16.5. The number of fused-ring (bicyclic) bond motifs is 1. The molecule has 5 nitrogen and oxygen atoms in total. The molecule has 0 spiro atoms. The monoisotopic (exact) mass is 279 g/mol. The summed E-state index contributed by atoms with van der Waals surface area (Å²) in [5.74, 6) is 0.822. The summed E-state index contributed by atoms with van der Waals surface area (Å²) in [7, 11) is 1.68. The molecule has 0 bridgehead atoms. The van der Waals surface area contributed by atoms with E-state index in [0.29, 0.717) is 32.8 Å². The molecule has 1 N–H and O–H groups in total. The number of rotatable bonds is 8. The van der Waals surface area contributed by atoms with Crippen molar-refractivity contribution in [3.63, 3.8) is 0 Å². The van der Waals surface area contributed by atoms with Crippen LogP contribution in [0.5, 0.6) is 5.75 Å². The fourth-order valence-corrected chi connectivity index (χ4v) is 2.07. The van der Waals surface area contributed by atoms with E-state index in [1.54, 1.807) is 7.11 Å². The number of methoxy groups -OCH3 is 1. The summed E-state index contributed by atoms with van der Waals surface area (Å²) < 4.78 is 16.0. The molecule has 0 unspecified atom stereocenters. The minimum absolute atomic E-state index is 0.0659. The average Bonchev–Trinajstić information content (AvgIpc) is 2.46. The lowest BCUT2D eigenvalue weighted by Crippen LogP contribution is -2.19. The maximum atomic E-state index is 11.3. The van der Waals surface area contributed by atoms with Gasteiger partial charge in [-0.25, -0.2) is 0 Å². The van der Waals surface area contributed by atoms with E-state index in [-0.39, 0.29) is 5.91 Å². The fourth-order valence-electron chi connectivity index (χ4n) is 2.07. The Bertz CT molecular complexity index is 447. The molecule has 1 heterocycles. The van der Waals surface area contributed by atoms with Gasteiger partial charge in [0.1, 0.15) is 12.4 Å². The van der Waals surface area contributed by atoms with Crippen LogP contribution < -0.4 is 10.1 Å². The second kappa shape index (κ2) is 7.87. The zero-order valence-electron chi connectivity index (χ0n) is 11.8. The lowest BCUT2D eigenvalue weighted by atomic mass is 10.0. The molecule has 0 saturated heterocycles. The van der Waals surface area contributed by atoms with Crippen LogP contribution in [0.3, 0.4) is 0 Å². The number of ether oxygens (including phenoxy) is 3. The minimum Gasteiger partial charge on any atom is -0.491 e. The van der Waals surface area contributed by atoms with Crippen molar-refractivity contribution in [2.45, 2.75) is 19.3 Å². The summed E-state index contributed by atoms with van der Waals surface area (Å²) in [6.07, 6.45) is 2.24. The van der Waals surface area contributed by atoms with Crippen LogP contribution in [0.4, 0.5) is 5.69 Å². The van der Waals surface area contributed by atoms with E-state index < -0.39 is 0 Å².